The molecule has 1 aromatic heterocycles. The zero-order valence-corrected chi connectivity index (χ0v) is 15.3. The number of aromatic nitrogens is 1. The summed E-state index contributed by atoms with van der Waals surface area (Å²) >= 11 is 0. The van der Waals surface area contributed by atoms with Gasteiger partial charge in [-0.3, -0.25) is 4.72 Å². The molecule has 2 aromatic carbocycles. The quantitative estimate of drug-likeness (QED) is 0.759. The summed E-state index contributed by atoms with van der Waals surface area (Å²) in [7, 11) is 0.139. The second-order valence-electron chi connectivity index (χ2n) is 6.00. The smallest absolute Gasteiger partial charge is 0.263 e. The second kappa shape index (κ2) is 6.72. The van der Waals surface area contributed by atoms with E-state index in [-0.39, 0.29) is 4.90 Å². The van der Waals surface area contributed by atoms with E-state index in [1.165, 1.54) is 0 Å². The Bertz CT molecular complexity index is 1010. The largest absolute Gasteiger partial charge is 0.377 e. The van der Waals surface area contributed by atoms with E-state index in [0.717, 1.165) is 23.2 Å². The molecule has 1 heterocycles. The normalized spacial score (nSPS) is 11.5. The van der Waals surface area contributed by atoms with Crippen LogP contribution in [0.25, 0.3) is 10.8 Å². The Morgan fingerprint density at radius 3 is 2.36 bits per heavy atom. The van der Waals surface area contributed by atoms with Crippen LogP contribution in [-0.4, -0.2) is 27.5 Å². The molecule has 25 heavy (non-hydrogen) atoms. The molecule has 3 rings (SSSR count). The summed E-state index contributed by atoms with van der Waals surface area (Å²) in [6.45, 7) is 1.98. The summed E-state index contributed by atoms with van der Waals surface area (Å²) in [6.07, 6.45) is 0.746. The number of aryl methyl sites for hydroxylation is 1. The van der Waals surface area contributed by atoms with Gasteiger partial charge in [0, 0.05) is 36.2 Å². The SMILES string of the molecule is CCc1cccc(NS(=O)(=O)c2cccc3c(N(C)C)cccc23)n1. The van der Waals surface area contributed by atoms with Gasteiger partial charge in [0.15, 0.2) is 0 Å². The van der Waals surface area contributed by atoms with Crippen LogP contribution in [0.1, 0.15) is 12.6 Å². The summed E-state index contributed by atoms with van der Waals surface area (Å²) in [5.74, 6) is 0.333. The van der Waals surface area contributed by atoms with Crippen molar-refractivity contribution < 1.29 is 8.42 Å². The average Bonchev–Trinajstić information content (AvgIpc) is 2.60. The van der Waals surface area contributed by atoms with Crippen molar-refractivity contribution in [1.29, 1.82) is 0 Å². The fourth-order valence-corrected chi connectivity index (χ4v) is 4.04. The highest BCUT2D eigenvalue weighted by molar-refractivity contribution is 7.93. The van der Waals surface area contributed by atoms with Gasteiger partial charge in [-0.05, 0) is 30.7 Å². The van der Waals surface area contributed by atoms with Crippen LogP contribution in [0.15, 0.2) is 59.5 Å². The number of hydrogen-bond acceptors (Lipinski definition) is 4. The minimum atomic E-state index is -3.74. The van der Waals surface area contributed by atoms with E-state index in [0.29, 0.717) is 11.2 Å². The zero-order valence-electron chi connectivity index (χ0n) is 14.5. The number of sulfonamides is 1. The maximum absolute atomic E-state index is 12.9. The Morgan fingerprint density at radius 2 is 1.64 bits per heavy atom. The summed E-state index contributed by atoms with van der Waals surface area (Å²) < 4.78 is 28.5. The molecule has 0 bridgehead atoms. The van der Waals surface area contributed by atoms with Gasteiger partial charge in [0.25, 0.3) is 10.0 Å². The van der Waals surface area contributed by atoms with Gasteiger partial charge < -0.3 is 4.90 Å². The lowest BCUT2D eigenvalue weighted by atomic mass is 10.1. The van der Waals surface area contributed by atoms with Crippen LogP contribution in [0.3, 0.4) is 0 Å². The van der Waals surface area contributed by atoms with Crippen molar-refractivity contribution in [2.24, 2.45) is 0 Å². The van der Waals surface area contributed by atoms with E-state index < -0.39 is 10.0 Å². The number of nitrogens with zero attached hydrogens (tertiary/aromatic N) is 2. The maximum Gasteiger partial charge on any atom is 0.263 e. The van der Waals surface area contributed by atoms with Gasteiger partial charge >= 0.3 is 0 Å². The molecule has 0 aliphatic rings. The molecule has 0 aliphatic carbocycles. The molecule has 3 aromatic rings. The molecule has 0 atom stereocenters. The molecule has 0 spiro atoms. The Hall–Kier alpha value is -2.60. The highest BCUT2D eigenvalue weighted by atomic mass is 32.2. The van der Waals surface area contributed by atoms with Gasteiger partial charge in [-0.15, -0.1) is 0 Å². The minimum Gasteiger partial charge on any atom is -0.377 e. The Labute approximate surface area is 148 Å². The third kappa shape index (κ3) is 3.44. The monoisotopic (exact) mass is 355 g/mol. The van der Waals surface area contributed by atoms with E-state index in [2.05, 4.69) is 9.71 Å². The third-order valence-electron chi connectivity index (χ3n) is 4.04. The number of anilines is 2. The van der Waals surface area contributed by atoms with E-state index in [4.69, 9.17) is 0 Å². The number of nitrogens with one attached hydrogen (secondary N) is 1. The van der Waals surface area contributed by atoms with Crippen LogP contribution in [0.5, 0.6) is 0 Å². The Morgan fingerprint density at radius 1 is 0.960 bits per heavy atom. The predicted octanol–water partition coefficient (Wildman–Crippen LogP) is 3.66. The fourth-order valence-electron chi connectivity index (χ4n) is 2.81. The number of rotatable bonds is 5. The minimum absolute atomic E-state index is 0.248. The summed E-state index contributed by atoms with van der Waals surface area (Å²) in [6, 6.07) is 16.3. The van der Waals surface area contributed by atoms with Crippen LogP contribution in [-0.2, 0) is 16.4 Å². The first-order chi connectivity index (χ1) is 11.9. The number of pyridine rings is 1. The zero-order chi connectivity index (χ0) is 18.0. The van der Waals surface area contributed by atoms with Crippen molar-refractivity contribution in [2.75, 3.05) is 23.7 Å². The van der Waals surface area contributed by atoms with Gasteiger partial charge in [0.1, 0.15) is 5.82 Å². The first-order valence-electron chi connectivity index (χ1n) is 8.10. The van der Waals surface area contributed by atoms with Crippen LogP contribution < -0.4 is 9.62 Å². The summed E-state index contributed by atoms with van der Waals surface area (Å²) in [4.78, 5) is 6.55. The molecular weight excluding hydrogens is 334 g/mol. The first-order valence-corrected chi connectivity index (χ1v) is 9.58. The van der Waals surface area contributed by atoms with Crippen LogP contribution >= 0.6 is 0 Å². The summed E-state index contributed by atoms with van der Waals surface area (Å²) in [5, 5.41) is 1.58. The van der Waals surface area contributed by atoms with E-state index in [9.17, 15) is 8.42 Å². The van der Waals surface area contributed by atoms with Crippen molar-refractivity contribution in [3.05, 3.63) is 60.3 Å². The molecular formula is C19H21N3O2S. The molecule has 0 aliphatic heterocycles. The average molecular weight is 355 g/mol. The van der Waals surface area contributed by atoms with Crippen molar-refractivity contribution in [1.82, 2.24) is 4.98 Å². The number of fused-ring (bicyclic) bond motifs is 1. The Balaban J connectivity index is 2.10. The second-order valence-corrected chi connectivity index (χ2v) is 7.65. The molecule has 0 radical (unpaired) electrons. The lowest BCUT2D eigenvalue weighted by molar-refractivity contribution is 0.602. The van der Waals surface area contributed by atoms with Gasteiger partial charge in [-0.1, -0.05) is 37.3 Å². The standard InChI is InChI=1S/C19H21N3O2S/c1-4-14-8-5-13-19(20-14)21-25(23,24)18-12-7-9-15-16(18)10-6-11-17(15)22(2)3/h5-13H,4H2,1-3H3,(H,20,21). The fraction of sp³-hybridized carbons (Fsp3) is 0.211. The van der Waals surface area contributed by atoms with Gasteiger partial charge in [0.05, 0.1) is 4.90 Å². The Kier molecular flexibility index (Phi) is 4.63. The lowest BCUT2D eigenvalue weighted by Crippen LogP contribution is -2.15. The van der Waals surface area contributed by atoms with E-state index >= 15 is 0 Å². The van der Waals surface area contributed by atoms with Gasteiger partial charge in [-0.2, -0.15) is 0 Å². The molecule has 0 unspecified atom stereocenters. The molecule has 1 N–H and O–H groups in total. The lowest BCUT2D eigenvalue weighted by Gasteiger charge is -2.17. The molecule has 0 saturated heterocycles. The summed E-state index contributed by atoms with van der Waals surface area (Å²) in [5.41, 5.74) is 1.81. The topological polar surface area (TPSA) is 62.3 Å². The van der Waals surface area contributed by atoms with Gasteiger partial charge in [-0.25, -0.2) is 13.4 Å². The van der Waals surface area contributed by atoms with Gasteiger partial charge in [0.2, 0.25) is 0 Å². The van der Waals surface area contributed by atoms with Crippen LogP contribution in [0.4, 0.5) is 11.5 Å². The van der Waals surface area contributed by atoms with Crippen molar-refractivity contribution in [2.45, 2.75) is 18.2 Å². The molecule has 0 saturated carbocycles. The molecule has 6 heteroatoms. The highest BCUT2D eigenvalue weighted by Gasteiger charge is 2.19. The van der Waals surface area contributed by atoms with Crippen molar-refractivity contribution in [3.8, 4) is 0 Å². The molecule has 0 fully saturated rings. The first kappa shape index (κ1) is 17.2. The number of hydrogen-bond donors (Lipinski definition) is 1. The predicted molar refractivity (Wildman–Crippen MR) is 103 cm³/mol. The van der Waals surface area contributed by atoms with Crippen molar-refractivity contribution in [3.63, 3.8) is 0 Å². The molecule has 0 amide bonds. The molecule has 130 valence electrons. The van der Waals surface area contributed by atoms with E-state index in [1.54, 1.807) is 24.3 Å². The highest BCUT2D eigenvalue weighted by Crippen LogP contribution is 2.30. The number of benzene rings is 2. The van der Waals surface area contributed by atoms with Crippen LogP contribution in [0.2, 0.25) is 0 Å². The van der Waals surface area contributed by atoms with Crippen LogP contribution in [0, 0.1) is 0 Å². The maximum atomic E-state index is 12.9. The van der Waals surface area contributed by atoms with Crippen molar-refractivity contribution >= 4 is 32.3 Å². The third-order valence-corrected chi connectivity index (χ3v) is 5.45. The van der Waals surface area contributed by atoms with E-state index in [1.807, 2.05) is 56.3 Å². The molecule has 5 nitrogen and oxygen atoms in total.